The van der Waals surface area contributed by atoms with Crippen LogP contribution in [0.1, 0.15) is 32.7 Å². The molecule has 1 fully saturated rings. The van der Waals surface area contributed by atoms with Crippen LogP contribution in [-0.4, -0.2) is 41.7 Å². The van der Waals surface area contributed by atoms with Gasteiger partial charge in [0.15, 0.2) is 12.4 Å². The van der Waals surface area contributed by atoms with Gasteiger partial charge in [0, 0.05) is 17.5 Å². The van der Waals surface area contributed by atoms with Gasteiger partial charge >= 0.3 is 5.97 Å². The second-order valence-electron chi connectivity index (χ2n) is 6.61. The van der Waals surface area contributed by atoms with E-state index in [2.05, 4.69) is 5.43 Å². The Hall–Kier alpha value is -3.48. The number of ketones is 1. The Bertz CT molecular complexity index is 893. The van der Waals surface area contributed by atoms with Gasteiger partial charge in [0.2, 0.25) is 5.91 Å². The quantitative estimate of drug-likeness (QED) is 0.610. The number of nitrogens with one attached hydrogen (secondary N) is 1. The SMILES string of the molecule is Cc1ccc(C(=O)NN2C[C@H](C(=O)OCC(=O)c3ccccc3)CC2=O)cc1. The Morgan fingerprint density at radius 2 is 1.71 bits per heavy atom. The van der Waals surface area contributed by atoms with E-state index in [1.807, 2.05) is 6.92 Å². The number of benzene rings is 2. The van der Waals surface area contributed by atoms with Crippen LogP contribution in [0.25, 0.3) is 0 Å². The van der Waals surface area contributed by atoms with E-state index in [4.69, 9.17) is 4.74 Å². The Kier molecular flexibility index (Phi) is 5.84. The lowest BCUT2D eigenvalue weighted by Gasteiger charge is -2.17. The maximum absolute atomic E-state index is 12.2. The van der Waals surface area contributed by atoms with Crippen LogP contribution in [0, 0.1) is 12.8 Å². The summed E-state index contributed by atoms with van der Waals surface area (Å²) < 4.78 is 5.06. The van der Waals surface area contributed by atoms with E-state index in [1.54, 1.807) is 54.6 Å². The highest BCUT2D eigenvalue weighted by atomic mass is 16.5. The van der Waals surface area contributed by atoms with Gasteiger partial charge in [0.05, 0.1) is 12.5 Å². The summed E-state index contributed by atoms with van der Waals surface area (Å²) >= 11 is 0. The molecule has 0 unspecified atom stereocenters. The molecule has 1 heterocycles. The van der Waals surface area contributed by atoms with Gasteiger partial charge in [-0.3, -0.25) is 29.6 Å². The molecule has 144 valence electrons. The van der Waals surface area contributed by atoms with Crippen LogP contribution in [0.15, 0.2) is 54.6 Å². The van der Waals surface area contributed by atoms with Crippen molar-refractivity contribution < 1.29 is 23.9 Å². The number of ether oxygens (including phenoxy) is 1. The van der Waals surface area contributed by atoms with Gasteiger partial charge in [-0.2, -0.15) is 0 Å². The van der Waals surface area contributed by atoms with E-state index in [0.29, 0.717) is 11.1 Å². The summed E-state index contributed by atoms with van der Waals surface area (Å²) in [6, 6.07) is 15.4. The van der Waals surface area contributed by atoms with E-state index in [9.17, 15) is 19.2 Å². The highest BCUT2D eigenvalue weighted by Crippen LogP contribution is 2.18. The molecule has 1 atom stereocenters. The normalized spacial score (nSPS) is 16.0. The second kappa shape index (κ2) is 8.47. The average molecular weight is 380 g/mol. The van der Waals surface area contributed by atoms with Crippen molar-refractivity contribution in [3.63, 3.8) is 0 Å². The third kappa shape index (κ3) is 4.62. The third-order valence-electron chi connectivity index (χ3n) is 4.45. The van der Waals surface area contributed by atoms with Crippen molar-refractivity contribution >= 4 is 23.6 Å². The molecule has 0 bridgehead atoms. The first-order chi connectivity index (χ1) is 13.4. The summed E-state index contributed by atoms with van der Waals surface area (Å²) in [4.78, 5) is 48.6. The van der Waals surface area contributed by atoms with E-state index in [1.165, 1.54) is 0 Å². The molecule has 1 saturated heterocycles. The molecular formula is C21H20N2O5. The predicted octanol–water partition coefficient (Wildman–Crippen LogP) is 1.91. The third-order valence-corrected chi connectivity index (χ3v) is 4.45. The number of aryl methyl sites for hydroxylation is 1. The van der Waals surface area contributed by atoms with Crippen molar-refractivity contribution in [2.75, 3.05) is 13.2 Å². The number of rotatable bonds is 6. The topological polar surface area (TPSA) is 92.8 Å². The minimum Gasteiger partial charge on any atom is -0.457 e. The van der Waals surface area contributed by atoms with Gasteiger partial charge in [-0.25, -0.2) is 0 Å². The maximum atomic E-state index is 12.2. The number of hydrogen-bond donors (Lipinski definition) is 1. The number of hydrazine groups is 1. The molecule has 3 rings (SSSR count). The molecule has 0 aliphatic carbocycles. The van der Waals surface area contributed by atoms with Crippen LogP contribution in [0.3, 0.4) is 0 Å². The summed E-state index contributed by atoms with van der Waals surface area (Å²) in [6.07, 6.45) is -0.0768. The lowest BCUT2D eigenvalue weighted by Crippen LogP contribution is -2.43. The fourth-order valence-electron chi connectivity index (χ4n) is 2.83. The monoisotopic (exact) mass is 380 g/mol. The van der Waals surface area contributed by atoms with Gasteiger partial charge in [-0.1, -0.05) is 48.0 Å². The van der Waals surface area contributed by atoms with Crippen molar-refractivity contribution in [3.05, 3.63) is 71.3 Å². The molecule has 2 aromatic rings. The Morgan fingerprint density at radius 1 is 1.04 bits per heavy atom. The summed E-state index contributed by atoms with van der Waals surface area (Å²) in [5.41, 5.74) is 4.39. The van der Waals surface area contributed by atoms with Crippen LogP contribution in [-0.2, 0) is 14.3 Å². The number of amides is 2. The molecule has 0 radical (unpaired) electrons. The minimum atomic E-state index is -0.727. The number of esters is 1. The molecule has 1 aliphatic rings. The number of Topliss-reactive ketones (excluding diaryl/α,β-unsaturated/α-hetero) is 1. The zero-order valence-corrected chi connectivity index (χ0v) is 15.4. The van der Waals surface area contributed by atoms with Crippen LogP contribution in [0.5, 0.6) is 0 Å². The van der Waals surface area contributed by atoms with E-state index >= 15 is 0 Å². The molecule has 1 aliphatic heterocycles. The summed E-state index contributed by atoms with van der Waals surface area (Å²) in [5.74, 6) is -2.49. The molecule has 0 aromatic heterocycles. The van der Waals surface area contributed by atoms with E-state index in [-0.39, 0.29) is 31.3 Å². The van der Waals surface area contributed by atoms with Crippen LogP contribution in [0.2, 0.25) is 0 Å². The average Bonchev–Trinajstić information content (AvgIpc) is 3.07. The molecule has 28 heavy (non-hydrogen) atoms. The highest BCUT2D eigenvalue weighted by molar-refractivity contribution is 5.98. The Morgan fingerprint density at radius 3 is 2.39 bits per heavy atom. The fourth-order valence-corrected chi connectivity index (χ4v) is 2.83. The van der Waals surface area contributed by atoms with Gasteiger partial charge in [-0.15, -0.1) is 0 Å². The van der Waals surface area contributed by atoms with Crippen molar-refractivity contribution in [1.29, 1.82) is 0 Å². The molecule has 2 aromatic carbocycles. The molecule has 0 saturated carbocycles. The van der Waals surface area contributed by atoms with Crippen molar-refractivity contribution in [2.45, 2.75) is 13.3 Å². The Labute approximate surface area is 162 Å². The number of carbonyl (C=O) groups excluding carboxylic acids is 4. The molecular weight excluding hydrogens is 360 g/mol. The predicted molar refractivity (Wildman–Crippen MR) is 100 cm³/mol. The van der Waals surface area contributed by atoms with E-state index in [0.717, 1.165) is 10.6 Å². The summed E-state index contributed by atoms with van der Waals surface area (Å²) in [7, 11) is 0. The smallest absolute Gasteiger partial charge is 0.311 e. The molecule has 2 amide bonds. The first kappa shape index (κ1) is 19.3. The fraction of sp³-hybridized carbons (Fsp3) is 0.238. The van der Waals surface area contributed by atoms with Gasteiger partial charge in [-0.05, 0) is 19.1 Å². The molecule has 1 N–H and O–H groups in total. The van der Waals surface area contributed by atoms with Crippen molar-refractivity contribution in [2.24, 2.45) is 5.92 Å². The zero-order valence-electron chi connectivity index (χ0n) is 15.4. The standard InChI is InChI=1S/C21H20N2O5/c1-14-7-9-16(10-8-14)20(26)22-23-12-17(11-19(23)25)21(27)28-13-18(24)15-5-3-2-4-6-15/h2-10,17H,11-13H2,1H3,(H,22,26)/t17-/m1/s1. The van der Waals surface area contributed by atoms with Crippen molar-refractivity contribution in [3.8, 4) is 0 Å². The molecule has 7 nitrogen and oxygen atoms in total. The van der Waals surface area contributed by atoms with Crippen molar-refractivity contribution in [1.82, 2.24) is 10.4 Å². The lowest BCUT2D eigenvalue weighted by molar-refractivity contribution is -0.147. The van der Waals surface area contributed by atoms with Gasteiger partial charge < -0.3 is 4.74 Å². The van der Waals surface area contributed by atoms with Crippen LogP contribution in [0.4, 0.5) is 0 Å². The number of hydrogen-bond acceptors (Lipinski definition) is 5. The summed E-state index contributed by atoms with van der Waals surface area (Å²) in [5, 5.41) is 1.12. The Balaban J connectivity index is 1.52. The molecule has 0 spiro atoms. The lowest BCUT2D eigenvalue weighted by atomic mass is 10.1. The van der Waals surface area contributed by atoms with Gasteiger partial charge in [0.25, 0.3) is 5.91 Å². The second-order valence-corrected chi connectivity index (χ2v) is 6.61. The van der Waals surface area contributed by atoms with E-state index < -0.39 is 17.8 Å². The number of carbonyl (C=O) groups is 4. The largest absolute Gasteiger partial charge is 0.457 e. The maximum Gasteiger partial charge on any atom is 0.311 e. The van der Waals surface area contributed by atoms with Crippen LogP contribution >= 0.6 is 0 Å². The highest BCUT2D eigenvalue weighted by Gasteiger charge is 2.36. The van der Waals surface area contributed by atoms with Crippen LogP contribution < -0.4 is 5.43 Å². The molecule has 7 heteroatoms. The first-order valence-electron chi connectivity index (χ1n) is 8.87. The van der Waals surface area contributed by atoms with Gasteiger partial charge in [0.1, 0.15) is 0 Å². The first-order valence-corrected chi connectivity index (χ1v) is 8.87. The minimum absolute atomic E-state index is 0.00873. The number of nitrogens with zero attached hydrogens (tertiary/aromatic N) is 1. The zero-order chi connectivity index (χ0) is 20.1. The summed E-state index contributed by atoms with van der Waals surface area (Å²) in [6.45, 7) is 1.53.